The largest absolute Gasteiger partial charge is 0.370 e. The lowest BCUT2D eigenvalue weighted by Gasteiger charge is -2.32. The summed E-state index contributed by atoms with van der Waals surface area (Å²) in [7, 11) is 0. The number of anilines is 1. The highest BCUT2D eigenvalue weighted by Crippen LogP contribution is 2.36. The predicted molar refractivity (Wildman–Crippen MR) is 124 cm³/mol. The van der Waals surface area contributed by atoms with Gasteiger partial charge < -0.3 is 9.64 Å². The van der Waals surface area contributed by atoms with Gasteiger partial charge in [0.25, 0.3) is 0 Å². The Labute approximate surface area is 195 Å². The van der Waals surface area contributed by atoms with Gasteiger partial charge in [0.1, 0.15) is 11.9 Å². The number of ether oxygens (including phenoxy) is 1. The molecule has 4 heterocycles. The molecule has 9 heteroatoms. The normalized spacial score (nSPS) is 18.8. The highest BCUT2D eigenvalue weighted by Gasteiger charge is 2.29. The summed E-state index contributed by atoms with van der Waals surface area (Å²) in [6.45, 7) is 3.65. The minimum absolute atomic E-state index is 0.133. The number of aryl methyl sites for hydroxylation is 1. The van der Waals surface area contributed by atoms with Gasteiger partial charge in [-0.15, -0.1) is 0 Å². The van der Waals surface area contributed by atoms with Crippen LogP contribution in [0.15, 0.2) is 42.7 Å². The van der Waals surface area contributed by atoms with E-state index in [9.17, 15) is 4.39 Å². The van der Waals surface area contributed by atoms with Gasteiger partial charge in [0, 0.05) is 40.0 Å². The van der Waals surface area contributed by atoms with Crippen LogP contribution in [0.3, 0.4) is 0 Å². The van der Waals surface area contributed by atoms with Gasteiger partial charge in [-0.05, 0) is 50.1 Å². The molecule has 0 radical (unpaired) electrons. The molecule has 0 unspecified atom stereocenters. The van der Waals surface area contributed by atoms with E-state index in [0.29, 0.717) is 59.0 Å². The van der Waals surface area contributed by atoms with E-state index in [0.717, 1.165) is 11.3 Å². The number of benzene rings is 1. The SMILES string of the molecule is Cc1ccc2c(-c3ccc(Cl)cc3F)nc(N3CCO[C@@H](c4cnn(C5CC5)c4)C3)nc2n1. The smallest absolute Gasteiger partial charge is 0.228 e. The molecule has 0 amide bonds. The molecule has 0 N–H and O–H groups in total. The van der Waals surface area contributed by atoms with Crippen LogP contribution in [0.25, 0.3) is 22.3 Å². The number of halogens is 2. The van der Waals surface area contributed by atoms with Crippen LogP contribution in [0.4, 0.5) is 10.3 Å². The molecule has 2 fully saturated rings. The Morgan fingerprint density at radius 3 is 2.82 bits per heavy atom. The monoisotopic (exact) mass is 464 g/mol. The van der Waals surface area contributed by atoms with E-state index in [4.69, 9.17) is 26.3 Å². The first kappa shape index (κ1) is 20.5. The van der Waals surface area contributed by atoms with Crippen molar-refractivity contribution < 1.29 is 9.13 Å². The first-order valence-corrected chi connectivity index (χ1v) is 11.4. The highest BCUT2D eigenvalue weighted by molar-refractivity contribution is 6.30. The molecule has 3 aromatic heterocycles. The zero-order valence-electron chi connectivity index (χ0n) is 18.1. The Bertz CT molecular complexity index is 1350. The Hall–Kier alpha value is -3.10. The molecule has 0 spiro atoms. The summed E-state index contributed by atoms with van der Waals surface area (Å²) >= 11 is 5.98. The number of rotatable bonds is 4. The summed E-state index contributed by atoms with van der Waals surface area (Å²) < 4.78 is 22.9. The molecule has 1 aliphatic heterocycles. The van der Waals surface area contributed by atoms with Gasteiger partial charge in [-0.1, -0.05) is 11.6 Å². The second-order valence-electron chi connectivity index (χ2n) is 8.61. The van der Waals surface area contributed by atoms with E-state index < -0.39 is 5.82 Å². The van der Waals surface area contributed by atoms with Crippen molar-refractivity contribution in [2.24, 2.45) is 0 Å². The van der Waals surface area contributed by atoms with Crippen LogP contribution < -0.4 is 4.90 Å². The molecule has 1 saturated carbocycles. The Kier molecular flexibility index (Phi) is 4.99. The van der Waals surface area contributed by atoms with Gasteiger partial charge in [-0.25, -0.2) is 14.4 Å². The second-order valence-corrected chi connectivity index (χ2v) is 9.05. The van der Waals surface area contributed by atoms with Gasteiger partial charge in [0.15, 0.2) is 5.65 Å². The van der Waals surface area contributed by atoms with Gasteiger partial charge in [-0.2, -0.15) is 10.1 Å². The number of hydrogen-bond donors (Lipinski definition) is 0. The van der Waals surface area contributed by atoms with Crippen molar-refractivity contribution in [3.8, 4) is 11.3 Å². The maximum Gasteiger partial charge on any atom is 0.228 e. The third-order valence-corrected chi connectivity index (χ3v) is 6.37. The third kappa shape index (κ3) is 3.94. The lowest BCUT2D eigenvalue weighted by molar-refractivity contribution is 0.0392. The molecule has 6 rings (SSSR count). The lowest BCUT2D eigenvalue weighted by Crippen LogP contribution is -2.39. The van der Waals surface area contributed by atoms with Gasteiger partial charge in [0.05, 0.1) is 31.1 Å². The van der Waals surface area contributed by atoms with E-state index in [1.54, 1.807) is 12.1 Å². The van der Waals surface area contributed by atoms with E-state index in [-0.39, 0.29) is 6.10 Å². The Morgan fingerprint density at radius 1 is 1.12 bits per heavy atom. The molecule has 7 nitrogen and oxygen atoms in total. The van der Waals surface area contributed by atoms with E-state index in [1.807, 2.05) is 29.9 Å². The van der Waals surface area contributed by atoms with Crippen LogP contribution in [-0.4, -0.2) is 44.4 Å². The topological polar surface area (TPSA) is 69.0 Å². The van der Waals surface area contributed by atoms with Crippen molar-refractivity contribution in [3.05, 3.63) is 64.8 Å². The maximum atomic E-state index is 14.9. The van der Waals surface area contributed by atoms with Crippen LogP contribution in [0, 0.1) is 12.7 Å². The molecule has 1 atom stereocenters. The summed E-state index contributed by atoms with van der Waals surface area (Å²) in [5.41, 5.74) is 3.29. The maximum absolute atomic E-state index is 14.9. The summed E-state index contributed by atoms with van der Waals surface area (Å²) in [4.78, 5) is 16.2. The molecule has 33 heavy (non-hydrogen) atoms. The van der Waals surface area contributed by atoms with E-state index >= 15 is 0 Å². The van der Waals surface area contributed by atoms with Crippen LogP contribution in [0.1, 0.15) is 36.2 Å². The zero-order chi connectivity index (χ0) is 22.5. The van der Waals surface area contributed by atoms with Crippen molar-refractivity contribution >= 4 is 28.6 Å². The first-order valence-electron chi connectivity index (χ1n) is 11.1. The third-order valence-electron chi connectivity index (χ3n) is 6.14. The molecule has 1 aromatic carbocycles. The van der Waals surface area contributed by atoms with Crippen molar-refractivity contribution in [2.45, 2.75) is 31.9 Å². The first-order chi connectivity index (χ1) is 16.0. The summed E-state index contributed by atoms with van der Waals surface area (Å²) in [5, 5.41) is 5.53. The number of hydrogen-bond acceptors (Lipinski definition) is 6. The van der Waals surface area contributed by atoms with E-state index in [2.05, 4.69) is 21.2 Å². The van der Waals surface area contributed by atoms with Crippen molar-refractivity contribution in [2.75, 3.05) is 24.6 Å². The minimum Gasteiger partial charge on any atom is -0.370 e. The average Bonchev–Trinajstić information content (AvgIpc) is 3.54. The fourth-order valence-electron chi connectivity index (χ4n) is 4.21. The Balaban J connectivity index is 1.39. The molecular formula is C24H22ClFN6O. The summed E-state index contributed by atoms with van der Waals surface area (Å²) in [6, 6.07) is 8.90. The van der Waals surface area contributed by atoms with Crippen LogP contribution >= 0.6 is 11.6 Å². The number of aromatic nitrogens is 5. The molecular weight excluding hydrogens is 443 g/mol. The highest BCUT2D eigenvalue weighted by atomic mass is 35.5. The average molecular weight is 465 g/mol. The molecule has 0 bridgehead atoms. The van der Waals surface area contributed by atoms with Gasteiger partial charge in [0.2, 0.25) is 5.95 Å². The molecule has 4 aromatic rings. The standard InChI is InChI=1S/C24H22ClFN6O/c1-14-2-6-19-22(18-7-3-16(25)10-20(18)26)29-24(30-23(19)28-14)31-8-9-33-21(13-31)15-11-27-32(12-15)17-4-5-17/h2-3,6-7,10-12,17,21H,4-5,8-9,13H2,1H3/t21-/m1/s1. The van der Waals surface area contributed by atoms with Crippen molar-refractivity contribution in [3.63, 3.8) is 0 Å². The summed E-state index contributed by atoms with van der Waals surface area (Å²) in [5.74, 6) is 0.0780. The minimum atomic E-state index is -0.429. The van der Waals surface area contributed by atoms with Crippen molar-refractivity contribution in [1.29, 1.82) is 0 Å². The zero-order valence-corrected chi connectivity index (χ0v) is 18.8. The van der Waals surface area contributed by atoms with E-state index in [1.165, 1.54) is 18.9 Å². The molecule has 1 saturated heterocycles. The van der Waals surface area contributed by atoms with Gasteiger partial charge >= 0.3 is 0 Å². The Morgan fingerprint density at radius 2 is 2.00 bits per heavy atom. The second kappa shape index (κ2) is 8.04. The molecule has 2 aliphatic rings. The fraction of sp³-hybridized carbons (Fsp3) is 0.333. The van der Waals surface area contributed by atoms with Crippen LogP contribution in [0.2, 0.25) is 5.02 Å². The predicted octanol–water partition coefficient (Wildman–Crippen LogP) is 4.90. The summed E-state index contributed by atoms with van der Waals surface area (Å²) in [6.07, 6.45) is 6.19. The number of nitrogens with zero attached hydrogens (tertiary/aromatic N) is 6. The number of morpholine rings is 1. The fourth-order valence-corrected chi connectivity index (χ4v) is 4.37. The van der Waals surface area contributed by atoms with Crippen molar-refractivity contribution in [1.82, 2.24) is 24.7 Å². The van der Waals surface area contributed by atoms with Gasteiger partial charge in [-0.3, -0.25) is 4.68 Å². The quantitative estimate of drug-likeness (QED) is 0.428. The number of pyridine rings is 1. The lowest BCUT2D eigenvalue weighted by atomic mass is 10.1. The van der Waals surface area contributed by atoms with Crippen LogP contribution in [-0.2, 0) is 4.74 Å². The molecule has 1 aliphatic carbocycles. The number of fused-ring (bicyclic) bond motifs is 1. The molecule has 168 valence electrons. The van der Waals surface area contributed by atoms with Crippen LogP contribution in [0.5, 0.6) is 0 Å².